The van der Waals surface area contributed by atoms with Crippen molar-refractivity contribution in [3.05, 3.63) is 11.7 Å². The monoisotopic (exact) mass is 281 g/mol. The number of aryl methyl sites for hydroxylation is 1. The highest BCUT2D eigenvalue weighted by molar-refractivity contribution is 5.02. The van der Waals surface area contributed by atoms with Crippen LogP contribution in [0.3, 0.4) is 0 Å². The first-order valence-corrected chi connectivity index (χ1v) is 7.80. The van der Waals surface area contributed by atoms with E-state index < -0.39 is 0 Å². The maximum Gasteiger partial charge on any atom is 0.226 e. The number of hydrogen-bond acceptors (Lipinski definition) is 5. The van der Waals surface area contributed by atoms with Gasteiger partial charge >= 0.3 is 0 Å². The zero-order valence-electron chi connectivity index (χ0n) is 12.7. The summed E-state index contributed by atoms with van der Waals surface area (Å²) in [7, 11) is 1.76. The molecule has 5 nitrogen and oxygen atoms in total. The molecule has 0 aromatic carbocycles. The summed E-state index contributed by atoms with van der Waals surface area (Å²) in [6, 6.07) is 0.226. The molecule has 1 aliphatic carbocycles. The van der Waals surface area contributed by atoms with Gasteiger partial charge in [0.05, 0.1) is 0 Å². The highest BCUT2D eigenvalue weighted by atomic mass is 16.5. The third-order valence-corrected chi connectivity index (χ3v) is 4.23. The van der Waals surface area contributed by atoms with Crippen molar-refractivity contribution in [1.29, 1.82) is 0 Å². The quantitative estimate of drug-likeness (QED) is 0.811. The highest BCUT2D eigenvalue weighted by Gasteiger charge is 2.37. The molecular formula is C15H27N3O2. The molecule has 0 saturated heterocycles. The third kappa shape index (κ3) is 3.79. The summed E-state index contributed by atoms with van der Waals surface area (Å²) in [4.78, 5) is 4.57. The number of methoxy groups -OCH3 is 1. The maximum absolute atomic E-state index is 5.80. The molecule has 1 atom stereocenters. The fourth-order valence-corrected chi connectivity index (χ4v) is 2.94. The average Bonchev–Trinajstić information content (AvgIpc) is 2.76. The Labute approximate surface area is 121 Å². The van der Waals surface area contributed by atoms with Gasteiger partial charge in [-0.05, 0) is 32.6 Å². The average molecular weight is 281 g/mol. The van der Waals surface area contributed by atoms with Gasteiger partial charge in [0.15, 0.2) is 0 Å². The van der Waals surface area contributed by atoms with E-state index in [4.69, 9.17) is 15.0 Å². The molecule has 1 aromatic rings. The van der Waals surface area contributed by atoms with Crippen molar-refractivity contribution in [2.45, 2.75) is 76.4 Å². The van der Waals surface area contributed by atoms with Gasteiger partial charge in [-0.3, -0.25) is 0 Å². The lowest BCUT2D eigenvalue weighted by molar-refractivity contribution is -0.0365. The van der Waals surface area contributed by atoms with Gasteiger partial charge in [0.25, 0.3) is 0 Å². The van der Waals surface area contributed by atoms with E-state index >= 15 is 0 Å². The second-order valence-electron chi connectivity index (χ2n) is 5.99. The highest BCUT2D eigenvalue weighted by Crippen LogP contribution is 2.37. The first-order valence-electron chi connectivity index (χ1n) is 7.80. The molecule has 1 aliphatic rings. The first-order chi connectivity index (χ1) is 9.66. The van der Waals surface area contributed by atoms with Crippen LogP contribution in [0.2, 0.25) is 0 Å². The molecule has 114 valence electrons. The molecule has 0 aliphatic heterocycles. The molecule has 2 rings (SSSR count). The Hall–Kier alpha value is -0.940. The summed E-state index contributed by atoms with van der Waals surface area (Å²) >= 11 is 0. The minimum absolute atomic E-state index is 0.226. The summed E-state index contributed by atoms with van der Waals surface area (Å²) in [5, 5.41) is 4.18. The fraction of sp³-hybridized carbons (Fsp3) is 0.867. The number of aromatic nitrogens is 2. The second kappa shape index (κ2) is 7.18. The van der Waals surface area contributed by atoms with Crippen LogP contribution in [0.4, 0.5) is 0 Å². The fourth-order valence-electron chi connectivity index (χ4n) is 2.94. The van der Waals surface area contributed by atoms with Crippen molar-refractivity contribution < 1.29 is 9.26 Å². The van der Waals surface area contributed by atoms with E-state index in [9.17, 15) is 0 Å². The Kier molecular flexibility index (Phi) is 5.54. The van der Waals surface area contributed by atoms with Crippen molar-refractivity contribution in [2.24, 2.45) is 5.73 Å². The molecule has 0 amide bonds. The minimum atomic E-state index is -0.334. The Morgan fingerprint density at radius 2 is 2.00 bits per heavy atom. The molecular weight excluding hydrogens is 254 g/mol. The maximum atomic E-state index is 5.80. The topological polar surface area (TPSA) is 74.2 Å². The van der Waals surface area contributed by atoms with Gasteiger partial charge in [-0.15, -0.1) is 0 Å². The normalized spacial score (nSPS) is 20.6. The standard InChI is InChI=1S/C15H27N3O2/c1-12(16)8-7-9-13-17-14(18-20-13)15(19-2)10-5-3-4-6-11-15/h12H,3-11,16H2,1-2H3. The number of nitrogens with two attached hydrogens (primary N) is 1. The summed E-state index contributed by atoms with van der Waals surface area (Å²) in [5.41, 5.74) is 5.42. The lowest BCUT2D eigenvalue weighted by Gasteiger charge is -2.27. The summed E-state index contributed by atoms with van der Waals surface area (Å²) in [6.45, 7) is 2.02. The predicted molar refractivity (Wildman–Crippen MR) is 77.3 cm³/mol. The van der Waals surface area contributed by atoms with Crippen LogP contribution in [-0.4, -0.2) is 23.3 Å². The van der Waals surface area contributed by atoms with E-state index in [2.05, 4.69) is 10.1 Å². The lowest BCUT2D eigenvalue weighted by atomic mass is 9.93. The van der Waals surface area contributed by atoms with E-state index in [0.29, 0.717) is 5.89 Å². The van der Waals surface area contributed by atoms with Gasteiger partial charge in [-0.2, -0.15) is 4.98 Å². The van der Waals surface area contributed by atoms with Gasteiger partial charge in [0, 0.05) is 19.6 Å². The molecule has 5 heteroatoms. The van der Waals surface area contributed by atoms with Crippen molar-refractivity contribution in [2.75, 3.05) is 7.11 Å². The van der Waals surface area contributed by atoms with Crippen LogP contribution in [0.25, 0.3) is 0 Å². The van der Waals surface area contributed by atoms with Gasteiger partial charge in [-0.1, -0.05) is 30.8 Å². The number of ether oxygens (including phenoxy) is 1. The second-order valence-corrected chi connectivity index (χ2v) is 5.99. The van der Waals surface area contributed by atoms with Gasteiger partial charge in [-0.25, -0.2) is 0 Å². The van der Waals surface area contributed by atoms with Crippen LogP contribution in [0, 0.1) is 0 Å². The van der Waals surface area contributed by atoms with Crippen molar-refractivity contribution in [3.63, 3.8) is 0 Å². The molecule has 1 saturated carbocycles. The van der Waals surface area contributed by atoms with Crippen molar-refractivity contribution in [3.8, 4) is 0 Å². The summed E-state index contributed by atoms with van der Waals surface area (Å²) in [5.74, 6) is 1.44. The minimum Gasteiger partial charge on any atom is -0.370 e. The number of hydrogen-bond donors (Lipinski definition) is 1. The molecule has 1 aromatic heterocycles. The first kappa shape index (κ1) is 15.4. The molecule has 2 N–H and O–H groups in total. The SMILES string of the molecule is COC1(c2noc(CCCC(C)N)n2)CCCCCC1. The molecule has 0 bridgehead atoms. The van der Waals surface area contributed by atoms with Crippen LogP contribution in [0.5, 0.6) is 0 Å². The predicted octanol–water partition coefficient (Wildman–Crippen LogP) is 2.94. The molecule has 1 fully saturated rings. The Bertz CT molecular complexity index is 396. The summed E-state index contributed by atoms with van der Waals surface area (Å²) in [6.07, 6.45) is 9.62. The van der Waals surface area contributed by atoms with E-state index in [0.717, 1.165) is 37.9 Å². The van der Waals surface area contributed by atoms with Gasteiger partial charge in [0.1, 0.15) is 5.60 Å². The smallest absolute Gasteiger partial charge is 0.226 e. The number of nitrogens with zero attached hydrogens (tertiary/aromatic N) is 2. The Morgan fingerprint density at radius 3 is 2.60 bits per heavy atom. The van der Waals surface area contributed by atoms with Crippen LogP contribution < -0.4 is 5.73 Å². The third-order valence-electron chi connectivity index (χ3n) is 4.23. The lowest BCUT2D eigenvalue weighted by Crippen LogP contribution is -2.29. The van der Waals surface area contributed by atoms with Crippen molar-refractivity contribution in [1.82, 2.24) is 10.1 Å². The zero-order valence-corrected chi connectivity index (χ0v) is 12.7. The van der Waals surface area contributed by atoms with Gasteiger partial charge < -0.3 is 15.0 Å². The van der Waals surface area contributed by atoms with Crippen LogP contribution >= 0.6 is 0 Å². The zero-order chi connectivity index (χ0) is 14.4. The van der Waals surface area contributed by atoms with Crippen molar-refractivity contribution >= 4 is 0 Å². The summed E-state index contributed by atoms with van der Waals surface area (Å²) < 4.78 is 11.2. The van der Waals surface area contributed by atoms with E-state index in [1.165, 1.54) is 25.7 Å². The molecule has 1 heterocycles. The van der Waals surface area contributed by atoms with E-state index in [-0.39, 0.29) is 11.6 Å². The van der Waals surface area contributed by atoms with Gasteiger partial charge in [0.2, 0.25) is 11.7 Å². The van der Waals surface area contributed by atoms with Crippen LogP contribution in [0.1, 0.15) is 70.0 Å². The molecule has 20 heavy (non-hydrogen) atoms. The van der Waals surface area contributed by atoms with E-state index in [1.54, 1.807) is 7.11 Å². The largest absolute Gasteiger partial charge is 0.370 e. The van der Waals surface area contributed by atoms with E-state index in [1.807, 2.05) is 6.92 Å². The van der Waals surface area contributed by atoms with Crippen LogP contribution in [0.15, 0.2) is 4.52 Å². The molecule has 1 unspecified atom stereocenters. The Balaban J connectivity index is 2.01. The molecule has 0 spiro atoms. The number of rotatable bonds is 6. The Morgan fingerprint density at radius 1 is 1.30 bits per heavy atom. The molecule has 0 radical (unpaired) electrons. The van der Waals surface area contributed by atoms with Crippen LogP contribution in [-0.2, 0) is 16.8 Å².